The van der Waals surface area contributed by atoms with Crippen molar-refractivity contribution in [2.24, 2.45) is 5.73 Å². The fourth-order valence-electron chi connectivity index (χ4n) is 4.01. The first-order valence-corrected chi connectivity index (χ1v) is 7.56. The Labute approximate surface area is 130 Å². The van der Waals surface area contributed by atoms with Crippen molar-refractivity contribution in [3.63, 3.8) is 0 Å². The molecule has 0 atom stereocenters. The topological polar surface area (TPSA) is 82.2 Å². The molecule has 0 saturated heterocycles. The van der Waals surface area contributed by atoms with Gasteiger partial charge >= 0.3 is 6.36 Å². The van der Waals surface area contributed by atoms with Crippen LogP contribution in [0, 0.1) is 0 Å². The molecule has 1 heterocycles. The maximum atomic E-state index is 12.2. The molecule has 4 fully saturated rings. The van der Waals surface area contributed by atoms with Crippen LogP contribution in [0.2, 0.25) is 0 Å². The molecule has 1 aromatic heterocycles. The number of nitrogens with two attached hydrogens (primary N) is 1. The van der Waals surface area contributed by atoms with Gasteiger partial charge in [0.25, 0.3) is 5.91 Å². The van der Waals surface area contributed by atoms with Gasteiger partial charge in [0.05, 0.1) is 23.9 Å². The number of halogens is 3. The van der Waals surface area contributed by atoms with Gasteiger partial charge in [-0.1, -0.05) is 0 Å². The Kier molecular flexibility index (Phi) is 2.91. The Hall–Kier alpha value is -1.61. The SMILES string of the molecule is NC12CC(NC(=O)c3cnn([C@H]4C[C@@H](OC(F)(F)F)C4)c3)(C1)C2. The summed E-state index contributed by atoms with van der Waals surface area (Å²) in [5.41, 5.74) is 6.13. The lowest BCUT2D eigenvalue weighted by Crippen LogP contribution is -2.82. The molecule has 126 valence electrons. The number of rotatable bonds is 4. The van der Waals surface area contributed by atoms with E-state index < -0.39 is 12.5 Å². The second-order valence-corrected chi connectivity index (χ2v) is 7.15. The Bertz CT molecular complexity index is 631. The summed E-state index contributed by atoms with van der Waals surface area (Å²) >= 11 is 0. The Morgan fingerprint density at radius 3 is 2.61 bits per heavy atom. The number of nitrogens with zero attached hydrogens (tertiary/aromatic N) is 2. The van der Waals surface area contributed by atoms with Gasteiger partial charge in [0.15, 0.2) is 0 Å². The van der Waals surface area contributed by atoms with Crippen molar-refractivity contribution in [3.8, 4) is 0 Å². The molecular formula is C14H17F3N4O2. The molecule has 4 saturated carbocycles. The normalized spacial score (nSPS) is 38.3. The predicted molar refractivity (Wildman–Crippen MR) is 72.4 cm³/mol. The number of alkyl halides is 3. The molecule has 1 amide bonds. The first-order chi connectivity index (χ1) is 10.7. The zero-order valence-electron chi connectivity index (χ0n) is 12.3. The summed E-state index contributed by atoms with van der Waals surface area (Å²) in [6.45, 7) is 0. The van der Waals surface area contributed by atoms with Crippen LogP contribution in [0.25, 0.3) is 0 Å². The summed E-state index contributed by atoms with van der Waals surface area (Å²) in [4.78, 5) is 12.2. The zero-order valence-corrected chi connectivity index (χ0v) is 12.3. The minimum Gasteiger partial charge on any atom is -0.346 e. The van der Waals surface area contributed by atoms with Crippen LogP contribution in [-0.2, 0) is 4.74 Å². The van der Waals surface area contributed by atoms with Crippen molar-refractivity contribution in [3.05, 3.63) is 18.0 Å². The van der Waals surface area contributed by atoms with Gasteiger partial charge in [-0.3, -0.25) is 14.2 Å². The average molecular weight is 330 g/mol. The van der Waals surface area contributed by atoms with E-state index in [4.69, 9.17) is 5.73 Å². The van der Waals surface area contributed by atoms with Gasteiger partial charge in [0.2, 0.25) is 0 Å². The standard InChI is InChI=1S/C14H17F3N4O2/c15-14(16,17)23-10-1-9(2-10)21-4-8(3-19-21)11(22)20-13-5-12(18,6-13)7-13/h3-4,9-10H,1-2,5-7,18H2,(H,20,22)/t9-,10+,12?,13?. The van der Waals surface area contributed by atoms with Crippen LogP contribution < -0.4 is 11.1 Å². The number of nitrogens with one attached hydrogen (secondary N) is 1. The van der Waals surface area contributed by atoms with E-state index in [9.17, 15) is 18.0 Å². The Morgan fingerprint density at radius 2 is 2.04 bits per heavy atom. The monoisotopic (exact) mass is 330 g/mol. The number of amides is 1. The number of aromatic nitrogens is 2. The van der Waals surface area contributed by atoms with E-state index >= 15 is 0 Å². The molecule has 4 aliphatic rings. The molecule has 0 radical (unpaired) electrons. The summed E-state index contributed by atoms with van der Waals surface area (Å²) in [6, 6.07) is -0.161. The van der Waals surface area contributed by atoms with Crippen LogP contribution in [0.15, 0.2) is 12.4 Å². The third-order valence-corrected chi connectivity index (χ3v) is 5.06. The maximum Gasteiger partial charge on any atom is 0.522 e. The first-order valence-electron chi connectivity index (χ1n) is 7.56. The van der Waals surface area contributed by atoms with Crippen molar-refractivity contribution < 1.29 is 22.7 Å². The molecule has 3 N–H and O–H groups in total. The third kappa shape index (κ3) is 2.61. The van der Waals surface area contributed by atoms with Gasteiger partial charge in [-0.25, -0.2) is 0 Å². The number of hydrogen-bond donors (Lipinski definition) is 2. The number of carbonyl (C=O) groups excluding carboxylic acids is 1. The molecule has 0 unspecified atom stereocenters. The predicted octanol–water partition coefficient (Wildman–Crippen LogP) is 1.49. The van der Waals surface area contributed by atoms with Crippen molar-refractivity contribution in [2.45, 2.75) is 61.7 Å². The van der Waals surface area contributed by atoms with Crippen molar-refractivity contribution in [1.29, 1.82) is 0 Å². The Balaban J connectivity index is 1.31. The van der Waals surface area contributed by atoms with Crippen molar-refractivity contribution in [1.82, 2.24) is 15.1 Å². The molecule has 0 aromatic carbocycles. The van der Waals surface area contributed by atoms with Gasteiger partial charge < -0.3 is 11.1 Å². The van der Waals surface area contributed by atoms with Gasteiger partial charge in [0, 0.05) is 17.3 Å². The zero-order chi connectivity index (χ0) is 16.5. The smallest absolute Gasteiger partial charge is 0.346 e. The number of carbonyl (C=O) groups is 1. The minimum atomic E-state index is -4.60. The molecule has 2 bridgehead atoms. The fraction of sp³-hybridized carbons (Fsp3) is 0.714. The highest BCUT2D eigenvalue weighted by molar-refractivity contribution is 5.94. The van der Waals surface area contributed by atoms with Crippen molar-refractivity contribution in [2.75, 3.05) is 0 Å². The van der Waals surface area contributed by atoms with Crippen LogP contribution in [0.5, 0.6) is 0 Å². The molecule has 0 spiro atoms. The van der Waals surface area contributed by atoms with Crippen LogP contribution in [0.4, 0.5) is 13.2 Å². The van der Waals surface area contributed by atoms with E-state index in [1.807, 2.05) is 0 Å². The molecule has 1 aromatic rings. The van der Waals surface area contributed by atoms with Crippen LogP contribution in [0.1, 0.15) is 48.5 Å². The van der Waals surface area contributed by atoms with E-state index in [2.05, 4.69) is 15.2 Å². The van der Waals surface area contributed by atoms with E-state index in [1.165, 1.54) is 10.9 Å². The van der Waals surface area contributed by atoms with Crippen molar-refractivity contribution >= 4 is 5.91 Å². The fourth-order valence-corrected chi connectivity index (χ4v) is 4.01. The third-order valence-electron chi connectivity index (χ3n) is 5.06. The van der Waals surface area contributed by atoms with Crippen LogP contribution in [0.3, 0.4) is 0 Å². The second kappa shape index (κ2) is 4.47. The molecule has 0 aliphatic heterocycles. The number of ether oxygens (including phenoxy) is 1. The summed E-state index contributed by atoms with van der Waals surface area (Å²) in [6.07, 6.45) is 0.474. The molecule has 6 nitrogen and oxygen atoms in total. The summed E-state index contributed by atoms with van der Waals surface area (Å²) in [5, 5.41) is 7.07. The van der Waals surface area contributed by atoms with E-state index in [-0.39, 0.29) is 35.9 Å². The quantitative estimate of drug-likeness (QED) is 0.876. The summed E-state index contributed by atoms with van der Waals surface area (Å²) < 4.78 is 41.8. The molecule has 9 heteroatoms. The molecule has 4 aliphatic carbocycles. The Morgan fingerprint density at radius 1 is 1.39 bits per heavy atom. The highest BCUT2D eigenvalue weighted by atomic mass is 19.4. The van der Waals surface area contributed by atoms with E-state index in [0.717, 1.165) is 19.3 Å². The summed E-state index contributed by atoms with van der Waals surface area (Å²) in [7, 11) is 0. The highest BCUT2D eigenvalue weighted by Crippen LogP contribution is 2.58. The van der Waals surface area contributed by atoms with E-state index in [0.29, 0.717) is 5.56 Å². The van der Waals surface area contributed by atoms with Gasteiger partial charge in [-0.15, -0.1) is 13.2 Å². The van der Waals surface area contributed by atoms with E-state index in [1.54, 1.807) is 6.20 Å². The number of hydrogen-bond acceptors (Lipinski definition) is 4. The molecule has 5 rings (SSSR count). The molecule has 23 heavy (non-hydrogen) atoms. The minimum absolute atomic E-state index is 0.0864. The second-order valence-electron chi connectivity index (χ2n) is 7.15. The lowest BCUT2D eigenvalue weighted by molar-refractivity contribution is -0.353. The molecular weight excluding hydrogens is 313 g/mol. The lowest BCUT2D eigenvalue weighted by Gasteiger charge is -2.68. The van der Waals surface area contributed by atoms with Crippen LogP contribution >= 0.6 is 0 Å². The maximum absolute atomic E-state index is 12.2. The van der Waals surface area contributed by atoms with Crippen LogP contribution in [-0.4, -0.2) is 39.2 Å². The first kappa shape index (κ1) is 14.9. The summed E-state index contributed by atoms with van der Waals surface area (Å²) in [5.74, 6) is -0.208. The van der Waals surface area contributed by atoms with Gasteiger partial charge in [0.1, 0.15) is 0 Å². The average Bonchev–Trinajstić information content (AvgIpc) is 2.77. The largest absolute Gasteiger partial charge is 0.522 e. The van der Waals surface area contributed by atoms with Gasteiger partial charge in [-0.05, 0) is 32.1 Å². The highest BCUT2D eigenvalue weighted by Gasteiger charge is 2.66. The lowest BCUT2D eigenvalue weighted by atomic mass is 9.44. The van der Waals surface area contributed by atoms with Gasteiger partial charge in [-0.2, -0.15) is 5.10 Å².